The summed E-state index contributed by atoms with van der Waals surface area (Å²) in [5.74, 6) is 0.594. The third kappa shape index (κ3) is 4.48. The molecular formula is C15H27N3O. The van der Waals surface area contributed by atoms with Crippen LogP contribution in [0, 0.1) is 19.8 Å². The van der Waals surface area contributed by atoms with Crippen molar-refractivity contribution in [1.29, 1.82) is 0 Å². The SMILES string of the molecule is COCCN(CC(C)C)c1cc(C)nc(C)c1CN. The lowest BCUT2D eigenvalue weighted by Crippen LogP contribution is -2.32. The number of hydrogen-bond donors (Lipinski definition) is 1. The number of rotatable bonds is 7. The number of nitrogens with two attached hydrogens (primary N) is 1. The van der Waals surface area contributed by atoms with Crippen LogP contribution in [0.25, 0.3) is 0 Å². The van der Waals surface area contributed by atoms with Crippen molar-refractivity contribution in [1.82, 2.24) is 4.98 Å². The molecule has 1 rings (SSSR count). The molecule has 1 aromatic rings. The molecule has 108 valence electrons. The van der Waals surface area contributed by atoms with Crippen molar-refractivity contribution in [3.63, 3.8) is 0 Å². The van der Waals surface area contributed by atoms with Crippen LogP contribution in [-0.4, -0.2) is 31.8 Å². The highest BCUT2D eigenvalue weighted by atomic mass is 16.5. The summed E-state index contributed by atoms with van der Waals surface area (Å²) in [7, 11) is 1.74. The maximum atomic E-state index is 5.90. The number of anilines is 1. The first-order chi connectivity index (χ1) is 8.99. The Morgan fingerprint density at radius 2 is 2.05 bits per heavy atom. The zero-order valence-electron chi connectivity index (χ0n) is 12.9. The molecule has 0 saturated carbocycles. The molecule has 4 nitrogen and oxygen atoms in total. The van der Waals surface area contributed by atoms with E-state index in [4.69, 9.17) is 10.5 Å². The Bertz CT molecular complexity index is 405. The van der Waals surface area contributed by atoms with Gasteiger partial charge < -0.3 is 15.4 Å². The maximum absolute atomic E-state index is 5.90. The number of pyridine rings is 1. The van der Waals surface area contributed by atoms with E-state index in [0.29, 0.717) is 12.5 Å². The number of nitrogens with zero attached hydrogens (tertiary/aromatic N) is 2. The largest absolute Gasteiger partial charge is 0.383 e. The van der Waals surface area contributed by atoms with E-state index in [2.05, 4.69) is 29.8 Å². The summed E-state index contributed by atoms with van der Waals surface area (Å²) in [4.78, 5) is 6.87. The van der Waals surface area contributed by atoms with Crippen molar-refractivity contribution in [3.8, 4) is 0 Å². The quantitative estimate of drug-likeness (QED) is 0.821. The third-order valence-electron chi connectivity index (χ3n) is 3.13. The summed E-state index contributed by atoms with van der Waals surface area (Å²) < 4.78 is 5.22. The van der Waals surface area contributed by atoms with Gasteiger partial charge in [-0.3, -0.25) is 4.98 Å². The molecule has 0 aliphatic heterocycles. The highest BCUT2D eigenvalue weighted by Crippen LogP contribution is 2.24. The molecule has 19 heavy (non-hydrogen) atoms. The monoisotopic (exact) mass is 265 g/mol. The summed E-state index contributed by atoms with van der Waals surface area (Å²) in [5, 5.41) is 0. The van der Waals surface area contributed by atoms with Crippen molar-refractivity contribution >= 4 is 5.69 Å². The van der Waals surface area contributed by atoms with Gasteiger partial charge in [0.15, 0.2) is 0 Å². The van der Waals surface area contributed by atoms with Crippen LogP contribution < -0.4 is 10.6 Å². The summed E-state index contributed by atoms with van der Waals surface area (Å²) in [6, 6.07) is 2.13. The van der Waals surface area contributed by atoms with E-state index >= 15 is 0 Å². The van der Waals surface area contributed by atoms with Gasteiger partial charge in [-0.2, -0.15) is 0 Å². The summed E-state index contributed by atoms with van der Waals surface area (Å²) in [6.07, 6.45) is 0. The van der Waals surface area contributed by atoms with Gasteiger partial charge in [-0.15, -0.1) is 0 Å². The van der Waals surface area contributed by atoms with Crippen molar-refractivity contribution in [3.05, 3.63) is 23.0 Å². The van der Waals surface area contributed by atoms with Gasteiger partial charge >= 0.3 is 0 Å². The van der Waals surface area contributed by atoms with Gasteiger partial charge in [0.25, 0.3) is 0 Å². The lowest BCUT2D eigenvalue weighted by molar-refractivity contribution is 0.204. The van der Waals surface area contributed by atoms with E-state index < -0.39 is 0 Å². The Labute approximate surface area is 117 Å². The fourth-order valence-electron chi connectivity index (χ4n) is 2.32. The molecule has 1 aromatic heterocycles. The Morgan fingerprint density at radius 3 is 2.58 bits per heavy atom. The van der Waals surface area contributed by atoms with E-state index in [-0.39, 0.29) is 0 Å². The summed E-state index contributed by atoms with van der Waals surface area (Å²) in [6.45, 7) is 11.6. The topological polar surface area (TPSA) is 51.4 Å². The first-order valence-corrected chi connectivity index (χ1v) is 6.90. The van der Waals surface area contributed by atoms with E-state index in [0.717, 1.165) is 36.6 Å². The molecule has 0 radical (unpaired) electrons. The molecule has 0 amide bonds. The first-order valence-electron chi connectivity index (χ1n) is 6.90. The van der Waals surface area contributed by atoms with Crippen LogP contribution in [0.1, 0.15) is 30.8 Å². The van der Waals surface area contributed by atoms with Gasteiger partial charge in [0.2, 0.25) is 0 Å². The average molecular weight is 265 g/mol. The van der Waals surface area contributed by atoms with Crippen LogP contribution >= 0.6 is 0 Å². The summed E-state index contributed by atoms with van der Waals surface area (Å²) >= 11 is 0. The van der Waals surface area contributed by atoms with Gasteiger partial charge in [-0.1, -0.05) is 13.8 Å². The second kappa shape index (κ2) is 7.46. The standard InChI is InChI=1S/C15H27N3O/c1-11(2)10-18(6-7-19-5)15-8-12(3)17-13(4)14(15)9-16/h8,11H,6-7,9-10,16H2,1-5H3. The fraction of sp³-hybridized carbons (Fsp3) is 0.667. The molecule has 0 aliphatic rings. The molecule has 0 fully saturated rings. The van der Waals surface area contributed by atoms with E-state index in [1.165, 1.54) is 5.69 Å². The minimum atomic E-state index is 0.524. The van der Waals surface area contributed by atoms with Crippen LogP contribution in [0.5, 0.6) is 0 Å². The lowest BCUT2D eigenvalue weighted by atomic mass is 10.1. The second-order valence-corrected chi connectivity index (χ2v) is 5.38. The third-order valence-corrected chi connectivity index (χ3v) is 3.13. The molecule has 0 spiro atoms. The van der Waals surface area contributed by atoms with Crippen LogP contribution in [0.2, 0.25) is 0 Å². The van der Waals surface area contributed by atoms with Gasteiger partial charge in [-0.25, -0.2) is 0 Å². The molecule has 2 N–H and O–H groups in total. The van der Waals surface area contributed by atoms with E-state index in [9.17, 15) is 0 Å². The maximum Gasteiger partial charge on any atom is 0.0637 e. The molecule has 0 bridgehead atoms. The zero-order chi connectivity index (χ0) is 14.4. The Kier molecular flexibility index (Phi) is 6.25. The van der Waals surface area contributed by atoms with Crippen molar-refractivity contribution in [2.24, 2.45) is 11.7 Å². The summed E-state index contributed by atoms with van der Waals surface area (Å²) in [5.41, 5.74) is 10.3. The number of aryl methyl sites for hydroxylation is 2. The second-order valence-electron chi connectivity index (χ2n) is 5.38. The average Bonchev–Trinajstić information content (AvgIpc) is 2.33. The first kappa shape index (κ1) is 15.9. The lowest BCUT2D eigenvalue weighted by Gasteiger charge is -2.29. The minimum absolute atomic E-state index is 0.524. The van der Waals surface area contributed by atoms with Crippen LogP contribution in [0.15, 0.2) is 6.07 Å². The van der Waals surface area contributed by atoms with Gasteiger partial charge in [-0.05, 0) is 25.8 Å². The Morgan fingerprint density at radius 1 is 1.37 bits per heavy atom. The minimum Gasteiger partial charge on any atom is -0.383 e. The zero-order valence-corrected chi connectivity index (χ0v) is 12.9. The molecule has 0 aliphatic carbocycles. The number of aromatic nitrogens is 1. The molecule has 0 atom stereocenters. The van der Waals surface area contributed by atoms with E-state index in [1.807, 2.05) is 13.8 Å². The smallest absolute Gasteiger partial charge is 0.0637 e. The highest BCUT2D eigenvalue weighted by Gasteiger charge is 2.15. The van der Waals surface area contributed by atoms with Crippen molar-refractivity contribution < 1.29 is 4.74 Å². The predicted octanol–water partition coefficient (Wildman–Crippen LogP) is 2.27. The number of ether oxygens (including phenoxy) is 1. The van der Waals surface area contributed by atoms with Gasteiger partial charge in [0, 0.05) is 49.4 Å². The molecule has 4 heteroatoms. The van der Waals surface area contributed by atoms with Gasteiger partial charge in [0.05, 0.1) is 6.61 Å². The van der Waals surface area contributed by atoms with Crippen molar-refractivity contribution in [2.75, 3.05) is 31.7 Å². The molecular weight excluding hydrogens is 238 g/mol. The Hall–Kier alpha value is -1.13. The fourth-order valence-corrected chi connectivity index (χ4v) is 2.32. The van der Waals surface area contributed by atoms with Crippen LogP contribution in [0.4, 0.5) is 5.69 Å². The van der Waals surface area contributed by atoms with E-state index in [1.54, 1.807) is 7.11 Å². The predicted molar refractivity (Wildman–Crippen MR) is 80.5 cm³/mol. The highest BCUT2D eigenvalue weighted by molar-refractivity contribution is 5.56. The van der Waals surface area contributed by atoms with Crippen molar-refractivity contribution in [2.45, 2.75) is 34.2 Å². The molecule has 1 heterocycles. The van der Waals surface area contributed by atoms with Gasteiger partial charge in [0.1, 0.15) is 0 Å². The molecule has 0 aromatic carbocycles. The number of hydrogen-bond acceptors (Lipinski definition) is 4. The normalized spacial score (nSPS) is 11.1. The Balaban J connectivity index is 3.11. The number of methoxy groups -OCH3 is 1. The molecule has 0 unspecified atom stereocenters. The molecule has 0 saturated heterocycles. The van der Waals surface area contributed by atoms with Crippen LogP contribution in [-0.2, 0) is 11.3 Å². The van der Waals surface area contributed by atoms with Crippen LogP contribution in [0.3, 0.4) is 0 Å².